The van der Waals surface area contributed by atoms with Crippen molar-refractivity contribution < 1.29 is 0 Å². The maximum Gasteiger partial charge on any atom is 0.0377 e. The molecule has 68 valence electrons. The van der Waals surface area contributed by atoms with E-state index in [1.807, 2.05) is 0 Å². The third kappa shape index (κ3) is 2.68. The van der Waals surface area contributed by atoms with Crippen molar-refractivity contribution in [1.82, 2.24) is 5.43 Å². The van der Waals surface area contributed by atoms with Crippen LogP contribution in [-0.4, -0.2) is 5.71 Å². The molecule has 0 spiro atoms. The fraction of sp³-hybridized carbons (Fsp3) is 0.700. The minimum atomic E-state index is 1.05. The normalized spacial score (nSPS) is 15.7. The van der Waals surface area contributed by atoms with Gasteiger partial charge in [0.1, 0.15) is 0 Å². The Kier molecular flexibility index (Phi) is 3.85. The molecule has 12 heavy (non-hydrogen) atoms. The van der Waals surface area contributed by atoms with Crippen molar-refractivity contribution in [3.8, 4) is 0 Å². The van der Waals surface area contributed by atoms with E-state index in [-0.39, 0.29) is 0 Å². The molecule has 1 N–H and O–H groups in total. The molecule has 0 atom stereocenters. The largest absolute Gasteiger partial charge is 0.283 e. The number of hydrogen-bond donors (Lipinski definition) is 1. The Labute approximate surface area is 74.7 Å². The highest BCUT2D eigenvalue weighted by molar-refractivity contribution is 5.83. The monoisotopic (exact) mass is 166 g/mol. The van der Waals surface area contributed by atoms with Crippen LogP contribution in [0.5, 0.6) is 0 Å². The van der Waals surface area contributed by atoms with Crippen LogP contribution >= 0.6 is 0 Å². The maximum atomic E-state index is 4.34. The first-order chi connectivity index (χ1) is 5.86. The van der Waals surface area contributed by atoms with Gasteiger partial charge in [-0.15, -0.1) is 0 Å². The zero-order chi connectivity index (χ0) is 8.81. The molecule has 2 nitrogen and oxygen atoms in total. The van der Waals surface area contributed by atoms with Gasteiger partial charge < -0.3 is 0 Å². The van der Waals surface area contributed by atoms with E-state index in [9.17, 15) is 0 Å². The summed E-state index contributed by atoms with van der Waals surface area (Å²) in [5.41, 5.74) is 5.69. The van der Waals surface area contributed by atoms with Gasteiger partial charge in [0.2, 0.25) is 0 Å². The lowest BCUT2D eigenvalue weighted by molar-refractivity contribution is 0.798. The van der Waals surface area contributed by atoms with E-state index in [0.717, 1.165) is 12.8 Å². The number of rotatable bonds is 4. The van der Waals surface area contributed by atoms with Crippen LogP contribution in [0.3, 0.4) is 0 Å². The second-order valence-electron chi connectivity index (χ2n) is 3.12. The second-order valence-corrected chi connectivity index (χ2v) is 3.12. The smallest absolute Gasteiger partial charge is 0.0377 e. The third-order valence-corrected chi connectivity index (χ3v) is 2.21. The topological polar surface area (TPSA) is 24.4 Å². The Morgan fingerprint density at radius 3 is 2.75 bits per heavy atom. The summed E-state index contributed by atoms with van der Waals surface area (Å²) in [4.78, 5) is 0. The Hall–Kier alpha value is -0.790. The lowest BCUT2D eigenvalue weighted by atomic mass is 10.2. The fourth-order valence-corrected chi connectivity index (χ4v) is 1.33. The first kappa shape index (κ1) is 9.30. The van der Waals surface area contributed by atoms with Crippen LogP contribution in [0.15, 0.2) is 16.9 Å². The highest BCUT2D eigenvalue weighted by Crippen LogP contribution is 2.14. The fourth-order valence-electron chi connectivity index (χ4n) is 1.33. The van der Waals surface area contributed by atoms with E-state index in [1.165, 1.54) is 30.7 Å². The summed E-state index contributed by atoms with van der Waals surface area (Å²) in [6.45, 7) is 4.29. The number of hydrazone groups is 1. The summed E-state index contributed by atoms with van der Waals surface area (Å²) in [5.74, 6) is 0. The molecule has 0 aromatic carbocycles. The van der Waals surface area contributed by atoms with Gasteiger partial charge in [-0.25, -0.2) is 0 Å². The maximum absolute atomic E-state index is 4.34. The number of allylic oxidation sites excluding steroid dienone is 2. The predicted molar refractivity (Wildman–Crippen MR) is 53.1 cm³/mol. The lowest BCUT2D eigenvalue weighted by Gasteiger charge is -2.02. The highest BCUT2D eigenvalue weighted by Gasteiger charge is 2.02. The zero-order valence-electron chi connectivity index (χ0n) is 8.06. The van der Waals surface area contributed by atoms with E-state index < -0.39 is 0 Å². The first-order valence-electron chi connectivity index (χ1n) is 4.87. The molecule has 1 aliphatic rings. The average Bonchev–Trinajstić information content (AvgIpc) is 2.59. The minimum absolute atomic E-state index is 1.05. The van der Waals surface area contributed by atoms with Gasteiger partial charge in [-0.2, -0.15) is 5.10 Å². The van der Waals surface area contributed by atoms with Crippen molar-refractivity contribution in [3.63, 3.8) is 0 Å². The van der Waals surface area contributed by atoms with Crippen molar-refractivity contribution in [2.24, 2.45) is 5.10 Å². The van der Waals surface area contributed by atoms with E-state index in [4.69, 9.17) is 0 Å². The Bertz CT molecular complexity index is 186. The Balaban J connectivity index is 2.35. The molecule has 0 aliphatic heterocycles. The summed E-state index contributed by atoms with van der Waals surface area (Å²) >= 11 is 0. The molecular weight excluding hydrogens is 148 g/mol. The molecule has 1 aliphatic carbocycles. The van der Waals surface area contributed by atoms with E-state index >= 15 is 0 Å². The summed E-state index contributed by atoms with van der Waals surface area (Å²) in [6, 6.07) is 0. The van der Waals surface area contributed by atoms with Gasteiger partial charge in [0, 0.05) is 11.4 Å². The molecule has 0 heterocycles. The zero-order valence-corrected chi connectivity index (χ0v) is 8.06. The van der Waals surface area contributed by atoms with Crippen LogP contribution < -0.4 is 5.43 Å². The number of nitrogens with one attached hydrogen (secondary N) is 1. The second kappa shape index (κ2) is 4.96. The molecule has 2 heteroatoms. The summed E-state index contributed by atoms with van der Waals surface area (Å²) < 4.78 is 0. The summed E-state index contributed by atoms with van der Waals surface area (Å²) in [7, 11) is 0. The van der Waals surface area contributed by atoms with Crippen molar-refractivity contribution in [3.05, 3.63) is 11.8 Å². The van der Waals surface area contributed by atoms with Gasteiger partial charge in [0.05, 0.1) is 0 Å². The third-order valence-electron chi connectivity index (χ3n) is 2.21. The van der Waals surface area contributed by atoms with Gasteiger partial charge in [0.15, 0.2) is 0 Å². The molecule has 0 saturated carbocycles. The van der Waals surface area contributed by atoms with Gasteiger partial charge in [-0.3, -0.25) is 5.43 Å². The molecule has 0 amide bonds. The standard InChI is InChI=1S/C10H18N2/c1-3-9(4-2)11-12-10-7-5-6-8-10/h7,12H,3-6,8H2,1-2H3. The number of hydrogen-bond acceptors (Lipinski definition) is 2. The van der Waals surface area contributed by atoms with E-state index in [0.29, 0.717) is 0 Å². The van der Waals surface area contributed by atoms with Crippen LogP contribution in [0.25, 0.3) is 0 Å². The molecule has 0 saturated heterocycles. The molecule has 0 unspecified atom stereocenters. The van der Waals surface area contributed by atoms with Gasteiger partial charge in [0.25, 0.3) is 0 Å². The molecule has 0 bridgehead atoms. The SMILES string of the molecule is CCC(CC)=NNC1=CCCC1. The van der Waals surface area contributed by atoms with Crippen LogP contribution in [0, 0.1) is 0 Å². The van der Waals surface area contributed by atoms with Crippen LogP contribution in [-0.2, 0) is 0 Å². The minimum Gasteiger partial charge on any atom is -0.283 e. The van der Waals surface area contributed by atoms with E-state index in [1.54, 1.807) is 0 Å². The van der Waals surface area contributed by atoms with Gasteiger partial charge >= 0.3 is 0 Å². The van der Waals surface area contributed by atoms with Gasteiger partial charge in [-0.1, -0.05) is 19.9 Å². The Morgan fingerprint density at radius 2 is 2.25 bits per heavy atom. The average molecular weight is 166 g/mol. The predicted octanol–water partition coefficient (Wildman–Crippen LogP) is 2.82. The molecule has 1 rings (SSSR count). The van der Waals surface area contributed by atoms with Crippen LogP contribution in [0.2, 0.25) is 0 Å². The highest BCUT2D eigenvalue weighted by atomic mass is 15.3. The van der Waals surface area contributed by atoms with Gasteiger partial charge in [-0.05, 0) is 32.1 Å². The molecule has 0 aromatic rings. The van der Waals surface area contributed by atoms with Crippen LogP contribution in [0.4, 0.5) is 0 Å². The van der Waals surface area contributed by atoms with E-state index in [2.05, 4.69) is 30.5 Å². The van der Waals surface area contributed by atoms with Crippen molar-refractivity contribution in [2.75, 3.05) is 0 Å². The molecule has 0 aromatic heterocycles. The Morgan fingerprint density at radius 1 is 1.50 bits per heavy atom. The molecule has 0 fully saturated rings. The summed E-state index contributed by atoms with van der Waals surface area (Å²) in [6.07, 6.45) is 8.01. The number of nitrogens with zero attached hydrogens (tertiary/aromatic N) is 1. The van der Waals surface area contributed by atoms with Crippen LogP contribution in [0.1, 0.15) is 46.0 Å². The van der Waals surface area contributed by atoms with Crippen molar-refractivity contribution in [1.29, 1.82) is 0 Å². The molecule has 0 radical (unpaired) electrons. The van der Waals surface area contributed by atoms with Crippen molar-refractivity contribution in [2.45, 2.75) is 46.0 Å². The molecular formula is C10H18N2. The summed E-state index contributed by atoms with van der Waals surface area (Å²) in [5, 5.41) is 4.34. The quantitative estimate of drug-likeness (QED) is 0.504. The first-order valence-corrected chi connectivity index (χ1v) is 4.87. The lowest BCUT2D eigenvalue weighted by Crippen LogP contribution is -2.07. The van der Waals surface area contributed by atoms with Crippen molar-refractivity contribution >= 4 is 5.71 Å².